The fourth-order valence-electron chi connectivity index (χ4n) is 3.35. The van der Waals surface area contributed by atoms with Crippen LogP contribution in [0.1, 0.15) is 32.3 Å². The minimum absolute atomic E-state index is 0.301. The summed E-state index contributed by atoms with van der Waals surface area (Å²) in [6.07, 6.45) is 3.34. The molecular weight excluding hydrogens is 698 g/mol. The second-order valence-corrected chi connectivity index (χ2v) is 10.6. The molecule has 0 aliphatic heterocycles. The molecule has 0 radical (unpaired) electrons. The monoisotopic (exact) mass is 726 g/mol. The number of rotatable bonds is 13. The number of benzene rings is 3. The number of amides is 3. The van der Waals surface area contributed by atoms with Gasteiger partial charge in [0.05, 0.1) is 33.7 Å². The Morgan fingerprint density at radius 2 is 1.69 bits per heavy atom. The summed E-state index contributed by atoms with van der Waals surface area (Å²) in [7, 11) is 0. The summed E-state index contributed by atoms with van der Waals surface area (Å²) in [5.74, 6) is -0.842. The molecule has 3 aromatic rings. The molecule has 0 saturated heterocycles. The number of nitrogens with zero attached hydrogens (tertiary/aromatic N) is 1. The van der Waals surface area contributed by atoms with Crippen LogP contribution >= 0.6 is 45.8 Å². The molecule has 0 heterocycles. The molecule has 3 aromatic carbocycles. The van der Waals surface area contributed by atoms with Crippen LogP contribution in [0.2, 0.25) is 10.0 Å². The highest BCUT2D eigenvalue weighted by atomic mass is 127. The average Bonchev–Trinajstić information content (AvgIpc) is 2.95. The number of unbranched alkanes of at least 4 members (excludes halogenated alkanes) is 1. The van der Waals surface area contributed by atoms with Crippen molar-refractivity contribution in [3.63, 3.8) is 0 Å². The van der Waals surface area contributed by atoms with Gasteiger partial charge in [0.15, 0.2) is 18.1 Å². The molecule has 0 unspecified atom stereocenters. The molecular formula is C29H29Cl2IN4O6. The molecule has 0 bridgehead atoms. The lowest BCUT2D eigenvalue weighted by molar-refractivity contribution is -0.136. The molecule has 0 aliphatic carbocycles. The van der Waals surface area contributed by atoms with Crippen molar-refractivity contribution in [2.75, 3.05) is 30.5 Å². The lowest BCUT2D eigenvalue weighted by Gasteiger charge is -2.15. The highest BCUT2D eigenvalue weighted by Crippen LogP contribution is 2.34. The third kappa shape index (κ3) is 10.4. The van der Waals surface area contributed by atoms with E-state index >= 15 is 0 Å². The van der Waals surface area contributed by atoms with Crippen molar-refractivity contribution in [2.45, 2.75) is 26.7 Å². The summed E-state index contributed by atoms with van der Waals surface area (Å²) in [6.45, 7) is 4.53. The van der Waals surface area contributed by atoms with Crippen LogP contribution < -0.4 is 30.3 Å². The maximum Gasteiger partial charge on any atom is 0.329 e. The topological polar surface area (TPSA) is 127 Å². The number of hydrazone groups is 1. The van der Waals surface area contributed by atoms with Gasteiger partial charge in [0.2, 0.25) is 0 Å². The van der Waals surface area contributed by atoms with Gasteiger partial charge in [-0.1, -0.05) is 36.5 Å². The van der Waals surface area contributed by atoms with Gasteiger partial charge in [-0.15, -0.1) is 0 Å². The fourth-order valence-corrected chi connectivity index (χ4v) is 4.59. The van der Waals surface area contributed by atoms with Gasteiger partial charge in [-0.05, 0) is 96.1 Å². The van der Waals surface area contributed by atoms with Gasteiger partial charge in [0.25, 0.3) is 5.91 Å². The molecule has 42 heavy (non-hydrogen) atoms. The first-order chi connectivity index (χ1) is 20.2. The van der Waals surface area contributed by atoms with Crippen molar-refractivity contribution in [2.24, 2.45) is 5.10 Å². The average molecular weight is 727 g/mol. The van der Waals surface area contributed by atoms with Gasteiger partial charge < -0.3 is 24.8 Å². The van der Waals surface area contributed by atoms with E-state index in [2.05, 4.69) is 28.1 Å². The van der Waals surface area contributed by atoms with Gasteiger partial charge in [-0.25, -0.2) is 5.43 Å². The molecule has 0 spiro atoms. The van der Waals surface area contributed by atoms with Crippen molar-refractivity contribution in [1.29, 1.82) is 0 Å². The number of hydrogen-bond donors (Lipinski definition) is 3. The zero-order valence-electron chi connectivity index (χ0n) is 22.8. The molecule has 0 atom stereocenters. The van der Waals surface area contributed by atoms with E-state index in [4.69, 9.17) is 37.4 Å². The Morgan fingerprint density at radius 1 is 0.929 bits per heavy atom. The summed E-state index contributed by atoms with van der Waals surface area (Å²) in [6, 6.07) is 14.8. The van der Waals surface area contributed by atoms with Crippen molar-refractivity contribution in [3.05, 3.63) is 73.8 Å². The Labute approximate surface area is 267 Å². The molecule has 0 aliphatic rings. The highest BCUT2D eigenvalue weighted by molar-refractivity contribution is 14.1. The van der Waals surface area contributed by atoms with Crippen LogP contribution in [0.25, 0.3) is 0 Å². The molecule has 3 amide bonds. The number of nitrogens with one attached hydrogen (secondary N) is 3. The number of hydrogen-bond acceptors (Lipinski definition) is 7. The van der Waals surface area contributed by atoms with Crippen LogP contribution in [-0.4, -0.2) is 43.8 Å². The van der Waals surface area contributed by atoms with E-state index in [0.29, 0.717) is 61.0 Å². The molecule has 3 rings (SSSR count). The minimum atomic E-state index is -0.944. The standard InChI is InChI=1S/C29H29Cl2IN4O6/c1-3-5-12-41-21-9-7-20(8-10-21)34-28(38)29(39)36-33-16-18-13-23(32)27(25(14-18)40-4-2)42-17-26(37)35-24-11-6-19(30)15-22(24)31/h6-11,13-16H,3-5,12,17H2,1-2H3,(H,34,38)(H,35,37)(H,36,39)/b33-16-. The number of halogens is 3. The SMILES string of the molecule is CCCCOc1ccc(NC(=O)C(=O)N/N=C\c2cc(I)c(OCC(=O)Nc3ccc(Cl)cc3Cl)c(OCC)c2)cc1. The molecule has 222 valence electrons. The zero-order valence-corrected chi connectivity index (χ0v) is 26.5. The normalized spacial score (nSPS) is 10.7. The lowest BCUT2D eigenvalue weighted by atomic mass is 10.2. The van der Waals surface area contributed by atoms with E-state index < -0.39 is 17.7 Å². The molecule has 0 saturated carbocycles. The second kappa shape index (κ2) is 16.8. The van der Waals surface area contributed by atoms with Crippen LogP contribution in [-0.2, 0) is 14.4 Å². The summed E-state index contributed by atoms with van der Waals surface area (Å²) >= 11 is 14.0. The van der Waals surface area contributed by atoms with Crippen LogP contribution in [0.4, 0.5) is 11.4 Å². The second-order valence-electron chi connectivity index (χ2n) is 8.60. The first kappa shape index (κ1) is 33.0. The quantitative estimate of drug-likeness (QED) is 0.0626. The number of ether oxygens (including phenoxy) is 3. The van der Waals surface area contributed by atoms with Crippen LogP contribution in [0.5, 0.6) is 17.2 Å². The van der Waals surface area contributed by atoms with Gasteiger partial charge in [-0.3, -0.25) is 14.4 Å². The molecule has 13 heteroatoms. The Morgan fingerprint density at radius 3 is 2.38 bits per heavy atom. The van der Waals surface area contributed by atoms with Gasteiger partial charge in [0, 0.05) is 10.7 Å². The lowest BCUT2D eigenvalue weighted by Crippen LogP contribution is -2.32. The maximum atomic E-state index is 12.4. The van der Waals surface area contributed by atoms with Crippen LogP contribution in [0, 0.1) is 3.57 Å². The molecule has 0 fully saturated rings. The Kier molecular flexibility index (Phi) is 13.2. The first-order valence-electron chi connectivity index (χ1n) is 12.9. The number of carbonyl (C=O) groups excluding carboxylic acids is 3. The van der Waals surface area contributed by atoms with Gasteiger partial charge in [-0.2, -0.15) is 5.10 Å². The van der Waals surface area contributed by atoms with E-state index in [1.807, 2.05) is 22.6 Å². The molecule has 0 aromatic heterocycles. The number of anilines is 2. The van der Waals surface area contributed by atoms with Crippen molar-refractivity contribution in [1.82, 2.24) is 5.43 Å². The van der Waals surface area contributed by atoms with Crippen molar-refractivity contribution >= 4 is 81.1 Å². The maximum absolute atomic E-state index is 12.4. The predicted octanol–water partition coefficient (Wildman–Crippen LogP) is 6.28. The van der Waals surface area contributed by atoms with E-state index in [1.54, 1.807) is 55.5 Å². The summed E-state index contributed by atoms with van der Waals surface area (Å²) < 4.78 is 17.7. The first-order valence-corrected chi connectivity index (χ1v) is 14.7. The fraction of sp³-hybridized carbons (Fsp3) is 0.241. The third-order valence-electron chi connectivity index (χ3n) is 5.35. The third-order valence-corrected chi connectivity index (χ3v) is 6.70. The Balaban J connectivity index is 1.56. The van der Waals surface area contributed by atoms with E-state index in [9.17, 15) is 14.4 Å². The number of carbonyl (C=O) groups is 3. The van der Waals surface area contributed by atoms with E-state index in [1.165, 1.54) is 12.3 Å². The summed E-state index contributed by atoms with van der Waals surface area (Å²) in [4.78, 5) is 36.9. The summed E-state index contributed by atoms with van der Waals surface area (Å²) in [5, 5.41) is 9.80. The Bertz CT molecular complexity index is 1440. The largest absolute Gasteiger partial charge is 0.494 e. The van der Waals surface area contributed by atoms with E-state index in [-0.39, 0.29) is 6.61 Å². The molecule has 10 nitrogen and oxygen atoms in total. The van der Waals surface area contributed by atoms with Crippen LogP contribution in [0.15, 0.2) is 59.7 Å². The smallest absolute Gasteiger partial charge is 0.329 e. The summed E-state index contributed by atoms with van der Waals surface area (Å²) in [5.41, 5.74) is 3.61. The van der Waals surface area contributed by atoms with Gasteiger partial charge >= 0.3 is 11.8 Å². The van der Waals surface area contributed by atoms with Gasteiger partial charge in [0.1, 0.15) is 5.75 Å². The highest BCUT2D eigenvalue weighted by Gasteiger charge is 2.16. The molecule has 3 N–H and O–H groups in total. The minimum Gasteiger partial charge on any atom is -0.494 e. The van der Waals surface area contributed by atoms with Crippen molar-refractivity contribution < 1.29 is 28.6 Å². The Hall–Kier alpha value is -3.55. The predicted molar refractivity (Wildman–Crippen MR) is 172 cm³/mol. The van der Waals surface area contributed by atoms with Crippen LogP contribution in [0.3, 0.4) is 0 Å². The van der Waals surface area contributed by atoms with E-state index in [0.717, 1.165) is 12.8 Å². The zero-order chi connectivity index (χ0) is 30.5. The van der Waals surface area contributed by atoms with Crippen molar-refractivity contribution in [3.8, 4) is 17.2 Å².